The van der Waals surface area contributed by atoms with Crippen LogP contribution >= 0.6 is 0 Å². The molecule has 0 aromatic heterocycles. The highest BCUT2D eigenvalue weighted by Gasteiger charge is 2.13. The molecule has 5 heteroatoms. The topological polar surface area (TPSA) is 70.7 Å². The van der Waals surface area contributed by atoms with Gasteiger partial charge in [0.15, 0.2) is 0 Å². The van der Waals surface area contributed by atoms with Gasteiger partial charge in [-0.25, -0.2) is 10.2 Å². The Balaban J connectivity index is 2.36. The summed E-state index contributed by atoms with van der Waals surface area (Å²) in [5, 5.41) is 3.82. The van der Waals surface area contributed by atoms with Gasteiger partial charge in [0.25, 0.3) is 0 Å². The van der Waals surface area contributed by atoms with Gasteiger partial charge in [-0.05, 0) is 7.05 Å². The Morgan fingerprint density at radius 2 is 2.55 bits per heavy atom. The number of primary amides is 1. The van der Waals surface area contributed by atoms with Crippen molar-refractivity contribution in [3.05, 3.63) is 0 Å². The van der Waals surface area contributed by atoms with Crippen LogP contribution in [0, 0.1) is 0 Å². The molecule has 1 aliphatic rings. The second-order valence-corrected chi connectivity index (χ2v) is 2.64. The first kappa shape index (κ1) is 8.00. The molecule has 0 radical (unpaired) electrons. The van der Waals surface area contributed by atoms with E-state index >= 15 is 0 Å². The van der Waals surface area contributed by atoms with Crippen molar-refractivity contribution in [3.63, 3.8) is 0 Å². The van der Waals surface area contributed by atoms with E-state index in [-0.39, 0.29) is 0 Å². The van der Waals surface area contributed by atoms with Crippen LogP contribution in [0.2, 0.25) is 0 Å². The van der Waals surface area contributed by atoms with Gasteiger partial charge in [0.1, 0.15) is 0 Å². The number of urea groups is 1. The summed E-state index contributed by atoms with van der Waals surface area (Å²) in [6, 6.07) is -0.605. The average Bonchev–Trinajstić information content (AvgIpc) is 2.31. The zero-order chi connectivity index (χ0) is 8.27. The van der Waals surface area contributed by atoms with E-state index in [9.17, 15) is 4.79 Å². The van der Waals surface area contributed by atoms with Crippen LogP contribution in [0.25, 0.3) is 0 Å². The van der Waals surface area contributed by atoms with E-state index in [0.717, 1.165) is 25.2 Å². The second kappa shape index (κ2) is 3.34. The molecule has 0 atom stereocenters. The minimum Gasteiger partial charge on any atom is -0.350 e. The molecule has 2 amide bonds. The molecule has 0 saturated carbocycles. The van der Waals surface area contributed by atoms with Gasteiger partial charge in [-0.15, -0.1) is 0 Å². The van der Waals surface area contributed by atoms with E-state index in [1.807, 2.05) is 7.05 Å². The van der Waals surface area contributed by atoms with E-state index in [1.165, 1.54) is 0 Å². The molecule has 1 saturated heterocycles. The number of rotatable bonds is 1. The van der Waals surface area contributed by atoms with Gasteiger partial charge >= 0.3 is 6.03 Å². The van der Waals surface area contributed by atoms with Crippen molar-refractivity contribution in [3.8, 4) is 0 Å². The number of hydrogen-bond acceptors (Lipinski definition) is 3. The van der Waals surface area contributed by atoms with Crippen LogP contribution in [-0.2, 0) is 0 Å². The lowest BCUT2D eigenvalue weighted by Crippen LogP contribution is -2.26. The predicted molar refractivity (Wildman–Crippen MR) is 42.3 cm³/mol. The van der Waals surface area contributed by atoms with Crippen LogP contribution in [0.1, 0.15) is 6.42 Å². The highest BCUT2D eigenvalue weighted by atomic mass is 16.2. The van der Waals surface area contributed by atoms with Crippen molar-refractivity contribution in [1.82, 2.24) is 10.3 Å². The maximum absolute atomic E-state index is 10.2. The Labute approximate surface area is 65.2 Å². The number of carbonyl (C=O) groups excluding carboxylic acids is 1. The third kappa shape index (κ3) is 2.55. The van der Waals surface area contributed by atoms with E-state index < -0.39 is 6.03 Å². The first-order chi connectivity index (χ1) is 5.18. The largest absolute Gasteiger partial charge is 0.350 e. The molecule has 0 aliphatic carbocycles. The molecular weight excluding hydrogens is 144 g/mol. The molecule has 5 nitrogen and oxygen atoms in total. The molecule has 0 unspecified atom stereocenters. The lowest BCUT2D eigenvalue weighted by atomic mass is 10.3. The van der Waals surface area contributed by atoms with Crippen molar-refractivity contribution in [2.45, 2.75) is 6.42 Å². The van der Waals surface area contributed by atoms with E-state index in [0.29, 0.717) is 0 Å². The first-order valence-electron chi connectivity index (χ1n) is 3.48. The molecular formula is C6H12N4O. The monoisotopic (exact) mass is 156 g/mol. The molecule has 1 rings (SSSR count). The number of nitrogens with one attached hydrogen (secondary N) is 1. The van der Waals surface area contributed by atoms with E-state index in [4.69, 9.17) is 5.73 Å². The number of hydrogen-bond donors (Lipinski definition) is 2. The van der Waals surface area contributed by atoms with Gasteiger partial charge < -0.3 is 10.6 Å². The summed E-state index contributed by atoms with van der Waals surface area (Å²) in [5.74, 6) is 0. The number of carbonyl (C=O) groups is 1. The van der Waals surface area contributed by atoms with Crippen LogP contribution in [-0.4, -0.2) is 36.8 Å². The molecule has 0 aromatic carbocycles. The summed E-state index contributed by atoms with van der Waals surface area (Å²) in [5.41, 5.74) is 8.02. The summed E-state index contributed by atoms with van der Waals surface area (Å²) in [6.07, 6.45) is 0.913. The molecule has 1 fully saturated rings. The lowest BCUT2D eigenvalue weighted by Gasteiger charge is -2.01. The van der Waals surface area contributed by atoms with Gasteiger partial charge in [-0.2, -0.15) is 5.10 Å². The van der Waals surface area contributed by atoms with Crippen LogP contribution in [0.3, 0.4) is 0 Å². The fraction of sp³-hybridized carbons (Fsp3) is 0.667. The minimum atomic E-state index is -0.605. The zero-order valence-electron chi connectivity index (χ0n) is 6.50. The van der Waals surface area contributed by atoms with Gasteiger partial charge in [-0.3, -0.25) is 0 Å². The Bertz CT molecular complexity index is 189. The molecule has 0 bridgehead atoms. The predicted octanol–water partition coefficient (Wildman–Crippen LogP) is -0.654. The second-order valence-electron chi connectivity index (χ2n) is 2.64. The standard InChI is InChI=1S/C6H12N4O/c1-10-3-2-5(4-10)8-9-6(7)11/h2-4H2,1H3,(H3,7,9,11). The molecule has 1 heterocycles. The average molecular weight is 156 g/mol. The molecule has 0 aromatic rings. The van der Waals surface area contributed by atoms with Gasteiger partial charge in [0.2, 0.25) is 0 Å². The lowest BCUT2D eigenvalue weighted by molar-refractivity contribution is 0.249. The quantitative estimate of drug-likeness (QED) is 0.495. The summed E-state index contributed by atoms with van der Waals surface area (Å²) < 4.78 is 0. The van der Waals surface area contributed by atoms with Crippen molar-refractivity contribution in [1.29, 1.82) is 0 Å². The third-order valence-electron chi connectivity index (χ3n) is 1.56. The molecule has 11 heavy (non-hydrogen) atoms. The van der Waals surface area contributed by atoms with E-state index in [1.54, 1.807) is 0 Å². The molecule has 62 valence electrons. The van der Waals surface area contributed by atoms with Crippen LogP contribution in [0.15, 0.2) is 5.10 Å². The highest BCUT2D eigenvalue weighted by Crippen LogP contribution is 2.01. The highest BCUT2D eigenvalue weighted by molar-refractivity contribution is 5.89. The Kier molecular flexibility index (Phi) is 2.43. The van der Waals surface area contributed by atoms with Crippen LogP contribution < -0.4 is 11.2 Å². The molecule has 1 aliphatic heterocycles. The maximum Gasteiger partial charge on any atom is 0.332 e. The summed E-state index contributed by atoms with van der Waals surface area (Å²) >= 11 is 0. The Hall–Kier alpha value is -1.10. The smallest absolute Gasteiger partial charge is 0.332 e. The van der Waals surface area contributed by atoms with Gasteiger partial charge in [0, 0.05) is 19.5 Å². The first-order valence-corrected chi connectivity index (χ1v) is 3.48. The Morgan fingerprint density at radius 1 is 1.82 bits per heavy atom. The SMILES string of the molecule is CN1CCC(=NNC(N)=O)C1. The van der Waals surface area contributed by atoms with Crippen molar-refractivity contribution < 1.29 is 4.79 Å². The number of hydrazone groups is 1. The van der Waals surface area contributed by atoms with Crippen LogP contribution in [0.5, 0.6) is 0 Å². The summed E-state index contributed by atoms with van der Waals surface area (Å²) in [6.45, 7) is 1.82. The van der Waals surface area contributed by atoms with Crippen molar-refractivity contribution in [2.75, 3.05) is 20.1 Å². The number of likely N-dealkylation sites (tertiary alicyclic amines) is 1. The zero-order valence-corrected chi connectivity index (χ0v) is 6.50. The van der Waals surface area contributed by atoms with Gasteiger partial charge in [0.05, 0.1) is 5.71 Å². The molecule has 3 N–H and O–H groups in total. The fourth-order valence-electron chi connectivity index (χ4n) is 1.02. The normalized spacial score (nSPS) is 22.5. The number of nitrogens with zero attached hydrogens (tertiary/aromatic N) is 2. The number of nitrogens with two attached hydrogens (primary N) is 1. The van der Waals surface area contributed by atoms with Crippen molar-refractivity contribution in [2.24, 2.45) is 10.8 Å². The van der Waals surface area contributed by atoms with E-state index in [2.05, 4.69) is 15.4 Å². The molecule has 0 spiro atoms. The third-order valence-corrected chi connectivity index (χ3v) is 1.56. The summed E-state index contributed by atoms with van der Waals surface area (Å²) in [7, 11) is 2.01. The maximum atomic E-state index is 10.2. The van der Waals surface area contributed by atoms with Crippen LogP contribution in [0.4, 0.5) is 4.79 Å². The number of amides is 2. The van der Waals surface area contributed by atoms with Crippen molar-refractivity contribution >= 4 is 11.7 Å². The fourth-order valence-corrected chi connectivity index (χ4v) is 1.02. The van der Waals surface area contributed by atoms with Gasteiger partial charge in [-0.1, -0.05) is 0 Å². The summed E-state index contributed by atoms with van der Waals surface area (Å²) in [4.78, 5) is 12.4. The minimum absolute atomic E-state index is 0.605. The Morgan fingerprint density at radius 3 is 3.00 bits per heavy atom.